The van der Waals surface area contributed by atoms with Gasteiger partial charge >= 0.3 is 0 Å². The molecule has 0 atom stereocenters. The SMILES string of the molecule is Cn1ccnc1Sc1cnc(C(C)(C)C)nc1-c1cc(Cl)ccc1O. The number of benzene rings is 1. The second kappa shape index (κ2) is 6.69. The Labute approximate surface area is 156 Å². The van der Waals surface area contributed by atoms with Crippen LogP contribution in [0.3, 0.4) is 0 Å². The number of phenols is 1. The van der Waals surface area contributed by atoms with Crippen molar-refractivity contribution < 1.29 is 5.11 Å². The number of hydrogen-bond donors (Lipinski definition) is 1. The Morgan fingerprint density at radius 1 is 1.20 bits per heavy atom. The Morgan fingerprint density at radius 2 is 1.96 bits per heavy atom. The molecular formula is C18H19ClN4OS. The summed E-state index contributed by atoms with van der Waals surface area (Å²) in [6.07, 6.45) is 5.40. The molecule has 7 heteroatoms. The molecule has 3 aromatic rings. The third-order valence-corrected chi connectivity index (χ3v) is 4.95. The third-order valence-electron chi connectivity index (χ3n) is 3.62. The smallest absolute Gasteiger partial charge is 0.172 e. The minimum absolute atomic E-state index is 0.129. The standard InChI is InChI=1S/C18H19ClN4OS/c1-18(2,3)16-21-10-14(25-17-20-7-8-23(17)4)15(22-16)12-9-11(19)5-6-13(12)24/h5-10,24H,1-4H3. The Bertz CT molecular complexity index is 918. The highest BCUT2D eigenvalue weighted by atomic mass is 35.5. The largest absolute Gasteiger partial charge is 0.507 e. The molecule has 0 unspecified atom stereocenters. The Hall–Kier alpha value is -2.05. The van der Waals surface area contributed by atoms with E-state index in [1.807, 2.05) is 17.8 Å². The molecule has 25 heavy (non-hydrogen) atoms. The zero-order chi connectivity index (χ0) is 18.2. The fourth-order valence-corrected chi connectivity index (χ4v) is 3.29. The first-order chi connectivity index (χ1) is 11.8. The first-order valence-corrected chi connectivity index (χ1v) is 8.97. The summed E-state index contributed by atoms with van der Waals surface area (Å²) >= 11 is 7.59. The molecule has 1 N–H and O–H groups in total. The van der Waals surface area contributed by atoms with Crippen LogP contribution in [0.4, 0.5) is 0 Å². The number of rotatable bonds is 3. The number of phenolic OH excluding ortho intramolecular Hbond substituents is 1. The van der Waals surface area contributed by atoms with Crippen molar-refractivity contribution in [1.82, 2.24) is 19.5 Å². The molecule has 0 bridgehead atoms. The van der Waals surface area contributed by atoms with Gasteiger partial charge in [0.05, 0.1) is 10.6 Å². The van der Waals surface area contributed by atoms with Gasteiger partial charge in [-0.25, -0.2) is 15.0 Å². The van der Waals surface area contributed by atoms with Crippen LogP contribution in [0, 0.1) is 0 Å². The summed E-state index contributed by atoms with van der Waals surface area (Å²) in [7, 11) is 1.93. The van der Waals surface area contributed by atoms with Crippen molar-refractivity contribution in [3.05, 3.63) is 47.6 Å². The van der Waals surface area contributed by atoms with Gasteiger partial charge in [-0.15, -0.1) is 0 Å². The van der Waals surface area contributed by atoms with Gasteiger partial charge in [0.15, 0.2) is 5.16 Å². The summed E-state index contributed by atoms with van der Waals surface area (Å²) in [6, 6.07) is 4.94. The first-order valence-electron chi connectivity index (χ1n) is 7.77. The van der Waals surface area contributed by atoms with Crippen LogP contribution in [0.5, 0.6) is 5.75 Å². The predicted octanol–water partition coefficient (Wildman–Crippen LogP) is 4.68. The van der Waals surface area contributed by atoms with Crippen LogP contribution >= 0.6 is 23.4 Å². The summed E-state index contributed by atoms with van der Waals surface area (Å²) < 4.78 is 1.92. The van der Waals surface area contributed by atoms with E-state index in [4.69, 9.17) is 16.6 Å². The maximum atomic E-state index is 10.3. The minimum atomic E-state index is -0.213. The Balaban J connectivity index is 2.18. The maximum absolute atomic E-state index is 10.3. The van der Waals surface area contributed by atoms with Gasteiger partial charge in [-0.3, -0.25) is 0 Å². The number of imidazole rings is 1. The van der Waals surface area contributed by atoms with E-state index in [2.05, 4.69) is 30.7 Å². The van der Waals surface area contributed by atoms with Gasteiger partial charge in [0.1, 0.15) is 11.6 Å². The van der Waals surface area contributed by atoms with Crippen molar-refractivity contribution in [2.24, 2.45) is 7.05 Å². The molecule has 0 radical (unpaired) electrons. The van der Waals surface area contributed by atoms with Crippen molar-refractivity contribution in [2.45, 2.75) is 36.2 Å². The van der Waals surface area contributed by atoms with Crippen LogP contribution in [0.1, 0.15) is 26.6 Å². The quantitative estimate of drug-likeness (QED) is 0.720. The van der Waals surface area contributed by atoms with Gasteiger partial charge in [0.2, 0.25) is 0 Å². The molecule has 0 spiro atoms. The van der Waals surface area contributed by atoms with Crippen LogP contribution in [-0.2, 0) is 12.5 Å². The number of aryl methyl sites for hydroxylation is 1. The highest BCUT2D eigenvalue weighted by molar-refractivity contribution is 7.99. The van der Waals surface area contributed by atoms with Gasteiger partial charge < -0.3 is 9.67 Å². The molecule has 0 fully saturated rings. The normalized spacial score (nSPS) is 11.7. The molecule has 5 nitrogen and oxygen atoms in total. The summed E-state index contributed by atoms with van der Waals surface area (Å²) in [5, 5.41) is 11.7. The van der Waals surface area contributed by atoms with Crippen molar-refractivity contribution >= 4 is 23.4 Å². The zero-order valence-electron chi connectivity index (χ0n) is 14.5. The molecule has 0 aliphatic rings. The van der Waals surface area contributed by atoms with Crippen molar-refractivity contribution in [2.75, 3.05) is 0 Å². The molecular weight excluding hydrogens is 356 g/mol. The maximum Gasteiger partial charge on any atom is 0.172 e. The lowest BCUT2D eigenvalue weighted by Gasteiger charge is -2.19. The Morgan fingerprint density at radius 3 is 2.60 bits per heavy atom. The van der Waals surface area contributed by atoms with Crippen molar-refractivity contribution in [3.63, 3.8) is 0 Å². The molecule has 0 aliphatic carbocycles. The lowest BCUT2D eigenvalue weighted by atomic mass is 9.95. The van der Waals surface area contributed by atoms with Crippen molar-refractivity contribution in [1.29, 1.82) is 0 Å². The van der Waals surface area contributed by atoms with E-state index in [9.17, 15) is 5.11 Å². The van der Waals surface area contributed by atoms with E-state index < -0.39 is 0 Å². The summed E-state index contributed by atoms with van der Waals surface area (Å²) in [6.45, 7) is 6.15. The highest BCUT2D eigenvalue weighted by Gasteiger charge is 2.22. The minimum Gasteiger partial charge on any atom is -0.507 e. The van der Waals surface area contributed by atoms with Gasteiger partial charge in [0.25, 0.3) is 0 Å². The van der Waals surface area contributed by atoms with Gasteiger partial charge in [-0.2, -0.15) is 0 Å². The third kappa shape index (κ3) is 3.80. The van der Waals surface area contributed by atoms with Crippen LogP contribution < -0.4 is 0 Å². The van der Waals surface area contributed by atoms with Crippen molar-refractivity contribution in [3.8, 4) is 17.0 Å². The fourth-order valence-electron chi connectivity index (χ4n) is 2.25. The van der Waals surface area contributed by atoms with Gasteiger partial charge in [0, 0.05) is 41.6 Å². The van der Waals surface area contributed by atoms with Crippen LogP contribution in [0.15, 0.2) is 46.8 Å². The number of aromatic hydroxyl groups is 1. The van der Waals surface area contributed by atoms with Gasteiger partial charge in [-0.05, 0) is 30.0 Å². The van der Waals surface area contributed by atoms with E-state index in [-0.39, 0.29) is 11.2 Å². The fraction of sp³-hybridized carbons (Fsp3) is 0.278. The number of halogens is 1. The molecule has 0 amide bonds. The molecule has 2 aromatic heterocycles. The lowest BCUT2D eigenvalue weighted by molar-refractivity contribution is 0.476. The van der Waals surface area contributed by atoms with E-state index >= 15 is 0 Å². The molecule has 0 saturated carbocycles. The summed E-state index contributed by atoms with van der Waals surface area (Å²) in [5.74, 6) is 0.829. The lowest BCUT2D eigenvalue weighted by Crippen LogP contribution is -2.16. The zero-order valence-corrected chi connectivity index (χ0v) is 16.1. The van der Waals surface area contributed by atoms with E-state index in [0.717, 1.165) is 10.1 Å². The number of hydrogen-bond acceptors (Lipinski definition) is 5. The average molecular weight is 375 g/mol. The highest BCUT2D eigenvalue weighted by Crippen LogP contribution is 2.39. The molecule has 0 aliphatic heterocycles. The van der Waals surface area contributed by atoms with Crippen LogP contribution in [0.2, 0.25) is 5.02 Å². The second-order valence-electron chi connectivity index (χ2n) is 6.74. The monoisotopic (exact) mass is 374 g/mol. The molecule has 2 heterocycles. The topological polar surface area (TPSA) is 63.8 Å². The summed E-state index contributed by atoms with van der Waals surface area (Å²) in [4.78, 5) is 14.4. The number of nitrogens with zero attached hydrogens (tertiary/aromatic N) is 4. The average Bonchev–Trinajstić information content (AvgIpc) is 2.94. The molecule has 0 saturated heterocycles. The summed E-state index contributed by atoms with van der Waals surface area (Å²) in [5.41, 5.74) is 1.01. The molecule has 3 rings (SSSR count). The van der Waals surface area contributed by atoms with E-state index in [1.165, 1.54) is 11.8 Å². The molecule has 1 aromatic carbocycles. The van der Waals surface area contributed by atoms with E-state index in [1.54, 1.807) is 30.6 Å². The predicted molar refractivity (Wildman–Crippen MR) is 100 cm³/mol. The number of aromatic nitrogens is 4. The van der Waals surface area contributed by atoms with Crippen LogP contribution in [-0.4, -0.2) is 24.6 Å². The van der Waals surface area contributed by atoms with E-state index in [0.29, 0.717) is 22.1 Å². The van der Waals surface area contributed by atoms with Gasteiger partial charge in [-0.1, -0.05) is 32.4 Å². The van der Waals surface area contributed by atoms with Crippen LogP contribution in [0.25, 0.3) is 11.3 Å². The first kappa shape index (κ1) is 17.8. The second-order valence-corrected chi connectivity index (χ2v) is 8.19. The molecule has 130 valence electrons. The Kier molecular flexibility index (Phi) is 4.75.